The molecule has 0 radical (unpaired) electrons. The van der Waals surface area contributed by atoms with Crippen LogP contribution < -0.4 is 5.32 Å². The van der Waals surface area contributed by atoms with Gasteiger partial charge < -0.3 is 10.4 Å². The summed E-state index contributed by atoms with van der Waals surface area (Å²) in [5.41, 5.74) is 11.0. The smallest absolute Gasteiger partial charge is 0.170 e. The van der Waals surface area contributed by atoms with Crippen molar-refractivity contribution in [3.05, 3.63) is 98.1 Å². The van der Waals surface area contributed by atoms with Crippen LogP contribution >= 0.6 is 0 Å². The van der Waals surface area contributed by atoms with Gasteiger partial charge in [-0.05, 0) is 88.4 Å². The van der Waals surface area contributed by atoms with Gasteiger partial charge >= 0.3 is 0 Å². The van der Waals surface area contributed by atoms with E-state index in [0.717, 1.165) is 22.5 Å². The Morgan fingerprint density at radius 2 is 1.19 bits per heavy atom. The molecule has 3 aromatic rings. The van der Waals surface area contributed by atoms with Crippen molar-refractivity contribution in [2.75, 3.05) is 0 Å². The van der Waals surface area contributed by atoms with Crippen molar-refractivity contribution in [2.24, 2.45) is 9.98 Å². The second-order valence-electron chi connectivity index (χ2n) is 9.06. The fourth-order valence-electron chi connectivity index (χ4n) is 4.84. The molecule has 0 fully saturated rings. The van der Waals surface area contributed by atoms with E-state index in [1.54, 1.807) is 6.07 Å². The summed E-state index contributed by atoms with van der Waals surface area (Å²) >= 11 is 0. The Kier molecular flexibility index (Phi) is 5.64. The highest BCUT2D eigenvalue weighted by Crippen LogP contribution is 2.32. The van der Waals surface area contributed by atoms with Crippen LogP contribution in [0.5, 0.6) is 5.75 Å². The summed E-state index contributed by atoms with van der Waals surface area (Å²) in [5.74, 6) is 1.64. The number of aliphatic imine (C=N–C) groups is 2. The van der Waals surface area contributed by atoms with Crippen LogP contribution in [0.2, 0.25) is 0 Å². The molecule has 32 heavy (non-hydrogen) atoms. The van der Waals surface area contributed by atoms with Gasteiger partial charge in [0, 0.05) is 11.1 Å². The molecule has 2 N–H and O–H groups in total. The number of nitrogens with zero attached hydrogens (tertiary/aromatic N) is 2. The normalized spacial score (nSPS) is 15.8. The van der Waals surface area contributed by atoms with Gasteiger partial charge in [0.05, 0.1) is 5.56 Å². The SMILES string of the molecule is Cc1cc(C)c(C2=NC(c3c(C)cc(C)cc3C)N=C(c3ccc(C)cc3O)N2)c(C)c1. The van der Waals surface area contributed by atoms with Gasteiger partial charge in [-0.15, -0.1) is 0 Å². The average molecular weight is 426 g/mol. The van der Waals surface area contributed by atoms with Crippen molar-refractivity contribution in [3.8, 4) is 5.75 Å². The number of hydrogen-bond donors (Lipinski definition) is 2. The highest BCUT2D eigenvalue weighted by Gasteiger charge is 2.25. The summed E-state index contributed by atoms with van der Waals surface area (Å²) in [6, 6.07) is 14.4. The molecule has 0 aromatic heterocycles. The summed E-state index contributed by atoms with van der Waals surface area (Å²) in [4.78, 5) is 10.1. The van der Waals surface area contributed by atoms with Crippen LogP contribution in [0, 0.1) is 48.5 Å². The molecule has 0 spiro atoms. The van der Waals surface area contributed by atoms with Crippen LogP contribution in [0.4, 0.5) is 0 Å². The lowest BCUT2D eigenvalue weighted by Gasteiger charge is -2.26. The van der Waals surface area contributed by atoms with Crippen LogP contribution in [0.15, 0.2) is 52.4 Å². The van der Waals surface area contributed by atoms with E-state index >= 15 is 0 Å². The first-order valence-electron chi connectivity index (χ1n) is 11.0. The predicted molar refractivity (Wildman–Crippen MR) is 133 cm³/mol. The van der Waals surface area contributed by atoms with Crippen LogP contribution in [-0.4, -0.2) is 16.8 Å². The van der Waals surface area contributed by atoms with E-state index in [1.807, 2.05) is 19.1 Å². The van der Waals surface area contributed by atoms with E-state index in [2.05, 4.69) is 71.1 Å². The molecule has 4 rings (SSSR count). The first-order chi connectivity index (χ1) is 15.1. The van der Waals surface area contributed by atoms with Crippen LogP contribution in [0.3, 0.4) is 0 Å². The fourth-order valence-corrected chi connectivity index (χ4v) is 4.84. The van der Waals surface area contributed by atoms with Crippen molar-refractivity contribution < 1.29 is 5.11 Å². The van der Waals surface area contributed by atoms with E-state index < -0.39 is 0 Å². The minimum absolute atomic E-state index is 0.214. The quantitative estimate of drug-likeness (QED) is 0.537. The van der Waals surface area contributed by atoms with Gasteiger partial charge in [-0.25, -0.2) is 9.98 Å². The number of phenolic OH excluding ortho intramolecular Hbond substituents is 1. The Balaban J connectivity index is 1.93. The van der Waals surface area contributed by atoms with Crippen molar-refractivity contribution >= 4 is 11.7 Å². The predicted octanol–water partition coefficient (Wildman–Crippen LogP) is 6.05. The number of amidine groups is 2. The van der Waals surface area contributed by atoms with Gasteiger partial charge in [0.2, 0.25) is 0 Å². The Bertz CT molecular complexity index is 1240. The Morgan fingerprint density at radius 3 is 1.75 bits per heavy atom. The molecule has 0 bridgehead atoms. The van der Waals surface area contributed by atoms with Crippen molar-refractivity contribution in [1.82, 2.24) is 5.32 Å². The van der Waals surface area contributed by atoms with Gasteiger partial charge in [0.1, 0.15) is 17.4 Å². The number of aromatic hydroxyl groups is 1. The Labute approximate surface area is 190 Å². The molecule has 0 saturated heterocycles. The minimum atomic E-state index is -0.386. The molecule has 0 saturated carbocycles. The monoisotopic (exact) mass is 425 g/mol. The number of benzene rings is 3. The largest absolute Gasteiger partial charge is 0.507 e. The van der Waals surface area contributed by atoms with Gasteiger partial charge in [0.15, 0.2) is 6.17 Å². The van der Waals surface area contributed by atoms with Crippen molar-refractivity contribution in [2.45, 2.75) is 54.6 Å². The zero-order valence-corrected chi connectivity index (χ0v) is 20.0. The molecule has 1 aliphatic rings. The molecule has 1 heterocycles. The second-order valence-corrected chi connectivity index (χ2v) is 9.06. The van der Waals surface area contributed by atoms with Gasteiger partial charge in [0.25, 0.3) is 0 Å². The van der Waals surface area contributed by atoms with Crippen LogP contribution in [-0.2, 0) is 0 Å². The zero-order valence-electron chi connectivity index (χ0n) is 20.0. The number of phenols is 1. The lowest BCUT2D eigenvalue weighted by Crippen LogP contribution is -2.37. The third-order valence-corrected chi connectivity index (χ3v) is 6.06. The van der Waals surface area contributed by atoms with E-state index in [1.165, 1.54) is 33.4 Å². The third kappa shape index (κ3) is 4.05. The van der Waals surface area contributed by atoms with Crippen molar-refractivity contribution in [3.63, 3.8) is 0 Å². The molecular weight excluding hydrogens is 394 g/mol. The molecule has 1 atom stereocenters. The minimum Gasteiger partial charge on any atom is -0.507 e. The van der Waals surface area contributed by atoms with Crippen molar-refractivity contribution in [1.29, 1.82) is 0 Å². The maximum Gasteiger partial charge on any atom is 0.170 e. The molecule has 164 valence electrons. The number of rotatable bonds is 3. The lowest BCUT2D eigenvalue weighted by atomic mass is 9.96. The van der Waals surface area contributed by atoms with Gasteiger partial charge in [-0.1, -0.05) is 41.5 Å². The highest BCUT2D eigenvalue weighted by molar-refractivity contribution is 6.17. The first kappa shape index (κ1) is 21.8. The second kappa shape index (κ2) is 8.27. The maximum atomic E-state index is 10.7. The first-order valence-corrected chi connectivity index (χ1v) is 11.0. The molecule has 1 unspecified atom stereocenters. The number of nitrogens with one attached hydrogen (secondary N) is 1. The van der Waals surface area contributed by atoms with Crippen LogP contribution in [0.25, 0.3) is 0 Å². The Hall–Kier alpha value is -3.40. The summed E-state index contributed by atoms with van der Waals surface area (Å²) in [6.07, 6.45) is -0.386. The third-order valence-electron chi connectivity index (χ3n) is 6.06. The number of hydrogen-bond acceptors (Lipinski definition) is 4. The average Bonchev–Trinajstić information content (AvgIpc) is 2.66. The summed E-state index contributed by atoms with van der Waals surface area (Å²) in [6.45, 7) is 14.7. The molecular formula is C28H31N3O. The van der Waals surface area contributed by atoms with E-state index in [0.29, 0.717) is 11.4 Å². The van der Waals surface area contributed by atoms with E-state index in [9.17, 15) is 5.11 Å². The molecule has 0 amide bonds. The fraction of sp³-hybridized carbons (Fsp3) is 0.286. The molecule has 1 aliphatic heterocycles. The molecule has 4 heteroatoms. The standard InChI is InChI=1S/C28H31N3O/c1-15-8-9-22(23(32)14-15)26-29-27(24-18(4)10-16(2)11-19(24)5)31-28(30-26)25-20(6)12-17(3)13-21(25)7/h8-14,27,32H,1-7H3,(H,29,30,31). The van der Waals surface area contributed by atoms with E-state index in [4.69, 9.17) is 9.98 Å². The lowest BCUT2D eigenvalue weighted by molar-refractivity contribution is 0.473. The molecule has 0 aliphatic carbocycles. The molecule has 4 nitrogen and oxygen atoms in total. The summed E-state index contributed by atoms with van der Waals surface area (Å²) in [5, 5.41) is 14.1. The van der Waals surface area contributed by atoms with Crippen LogP contribution in [0.1, 0.15) is 61.8 Å². The zero-order chi connectivity index (χ0) is 23.2. The maximum absolute atomic E-state index is 10.7. The Morgan fingerprint density at radius 1 is 0.656 bits per heavy atom. The van der Waals surface area contributed by atoms with E-state index in [-0.39, 0.29) is 11.9 Å². The number of aryl methyl sites for hydroxylation is 7. The van der Waals surface area contributed by atoms with Gasteiger partial charge in [-0.3, -0.25) is 0 Å². The summed E-state index contributed by atoms with van der Waals surface area (Å²) < 4.78 is 0. The topological polar surface area (TPSA) is 57.0 Å². The molecule has 3 aromatic carbocycles. The van der Waals surface area contributed by atoms with Gasteiger partial charge in [-0.2, -0.15) is 0 Å². The summed E-state index contributed by atoms with van der Waals surface area (Å²) in [7, 11) is 0. The highest BCUT2D eigenvalue weighted by atomic mass is 16.3.